The number of ether oxygens (including phenoxy) is 1. The van der Waals surface area contributed by atoms with Gasteiger partial charge in [-0.15, -0.1) is 45.5 Å². The van der Waals surface area contributed by atoms with Gasteiger partial charge in [-0.1, -0.05) is 12.1 Å². The largest absolute Gasteiger partial charge is 0.494 e. The molecule has 0 amide bonds. The van der Waals surface area contributed by atoms with Crippen LogP contribution >= 0.6 is 35.3 Å². The zero-order chi connectivity index (χ0) is 21.5. The summed E-state index contributed by atoms with van der Waals surface area (Å²) in [4.78, 5) is 5.97. The minimum absolute atomic E-state index is 0. The highest BCUT2D eigenvalue weighted by Crippen LogP contribution is 2.21. The number of hydrogen-bond donors (Lipinski definition) is 2. The summed E-state index contributed by atoms with van der Waals surface area (Å²) in [6.07, 6.45) is 0.896. The number of methoxy groups -OCH3 is 1. The Labute approximate surface area is 203 Å². The molecule has 0 spiro atoms. The normalized spacial score (nSPS) is 12.2. The van der Waals surface area contributed by atoms with E-state index in [2.05, 4.69) is 37.3 Å². The van der Waals surface area contributed by atoms with E-state index >= 15 is 0 Å². The number of guanidine groups is 1. The molecule has 0 aliphatic heterocycles. The van der Waals surface area contributed by atoms with Gasteiger partial charge in [-0.25, -0.2) is 9.38 Å². The minimum atomic E-state index is -0.387. The SMILES string of the molecule is COc1ccc(C(C)NC(=NCc2nnc(C)n2C)NCCc2cccs2)cc1F.I. The molecule has 0 bridgehead atoms. The lowest BCUT2D eigenvalue weighted by Crippen LogP contribution is -2.39. The zero-order valence-electron chi connectivity index (χ0n) is 18.1. The highest BCUT2D eigenvalue weighted by molar-refractivity contribution is 14.0. The summed E-state index contributed by atoms with van der Waals surface area (Å²) in [5.74, 6) is 2.09. The molecule has 0 saturated heterocycles. The van der Waals surface area contributed by atoms with Gasteiger partial charge in [0.1, 0.15) is 12.4 Å². The van der Waals surface area contributed by atoms with Gasteiger partial charge in [0.25, 0.3) is 0 Å². The maximum absolute atomic E-state index is 14.1. The molecule has 7 nitrogen and oxygen atoms in total. The first-order valence-electron chi connectivity index (χ1n) is 9.73. The molecule has 0 fully saturated rings. The molecule has 31 heavy (non-hydrogen) atoms. The minimum Gasteiger partial charge on any atom is -0.494 e. The smallest absolute Gasteiger partial charge is 0.192 e. The molecule has 1 aromatic carbocycles. The molecular weight excluding hydrogens is 530 g/mol. The Kier molecular flexibility index (Phi) is 9.69. The molecule has 2 aromatic heterocycles. The molecule has 2 N–H and O–H groups in total. The first-order chi connectivity index (χ1) is 14.5. The van der Waals surface area contributed by atoms with E-state index in [-0.39, 0.29) is 41.6 Å². The Balaban J connectivity index is 0.00000341. The average molecular weight is 558 g/mol. The lowest BCUT2D eigenvalue weighted by Gasteiger charge is -2.19. The van der Waals surface area contributed by atoms with Crippen molar-refractivity contribution in [3.63, 3.8) is 0 Å². The molecule has 1 atom stereocenters. The van der Waals surface area contributed by atoms with Gasteiger partial charge in [-0.3, -0.25) is 0 Å². The monoisotopic (exact) mass is 558 g/mol. The van der Waals surface area contributed by atoms with Gasteiger partial charge in [0.2, 0.25) is 0 Å². The van der Waals surface area contributed by atoms with Crippen LogP contribution < -0.4 is 15.4 Å². The van der Waals surface area contributed by atoms with Crippen LogP contribution in [0.4, 0.5) is 4.39 Å². The van der Waals surface area contributed by atoms with Crippen LogP contribution in [0.5, 0.6) is 5.75 Å². The lowest BCUT2D eigenvalue weighted by molar-refractivity contribution is 0.386. The van der Waals surface area contributed by atoms with Gasteiger partial charge in [0, 0.05) is 18.5 Å². The molecule has 3 rings (SSSR count). The van der Waals surface area contributed by atoms with E-state index in [0.717, 1.165) is 30.2 Å². The second kappa shape index (κ2) is 12.0. The number of halogens is 2. The van der Waals surface area contributed by atoms with Crippen molar-refractivity contribution in [2.24, 2.45) is 12.0 Å². The van der Waals surface area contributed by atoms with Crippen molar-refractivity contribution >= 4 is 41.3 Å². The van der Waals surface area contributed by atoms with Gasteiger partial charge in [0.05, 0.1) is 13.2 Å². The molecule has 1 unspecified atom stereocenters. The Morgan fingerprint density at radius 2 is 2.13 bits per heavy atom. The fourth-order valence-corrected chi connectivity index (χ4v) is 3.60. The third-order valence-electron chi connectivity index (χ3n) is 4.83. The Bertz CT molecular complexity index is 992. The molecule has 168 valence electrons. The predicted molar refractivity (Wildman–Crippen MR) is 133 cm³/mol. The number of benzene rings is 1. The van der Waals surface area contributed by atoms with Crippen LogP contribution in [0.25, 0.3) is 0 Å². The van der Waals surface area contributed by atoms with Crippen molar-refractivity contribution in [1.82, 2.24) is 25.4 Å². The fraction of sp³-hybridized carbons (Fsp3) is 0.381. The van der Waals surface area contributed by atoms with Gasteiger partial charge in [-0.2, -0.15) is 0 Å². The fourth-order valence-electron chi connectivity index (χ4n) is 2.89. The zero-order valence-corrected chi connectivity index (χ0v) is 21.2. The second-order valence-electron chi connectivity index (χ2n) is 6.90. The lowest BCUT2D eigenvalue weighted by atomic mass is 10.1. The molecule has 0 saturated carbocycles. The van der Waals surface area contributed by atoms with Gasteiger partial charge < -0.3 is 19.9 Å². The third-order valence-corrected chi connectivity index (χ3v) is 5.77. The number of thiophene rings is 1. The number of aromatic nitrogens is 3. The highest BCUT2D eigenvalue weighted by atomic mass is 127. The predicted octanol–water partition coefficient (Wildman–Crippen LogP) is 3.99. The summed E-state index contributed by atoms with van der Waals surface area (Å²) in [5, 5.41) is 17.0. The maximum atomic E-state index is 14.1. The van der Waals surface area contributed by atoms with Crippen LogP contribution in [0.3, 0.4) is 0 Å². The number of nitrogens with one attached hydrogen (secondary N) is 2. The number of nitrogens with zero attached hydrogens (tertiary/aromatic N) is 4. The van der Waals surface area contributed by atoms with Crippen molar-refractivity contribution in [2.45, 2.75) is 32.9 Å². The molecule has 0 radical (unpaired) electrons. The van der Waals surface area contributed by atoms with Crippen LogP contribution in [-0.4, -0.2) is 34.4 Å². The summed E-state index contributed by atoms with van der Waals surface area (Å²) in [6.45, 7) is 4.98. The van der Waals surface area contributed by atoms with Crippen molar-refractivity contribution in [3.8, 4) is 5.75 Å². The summed E-state index contributed by atoms with van der Waals surface area (Å²) < 4.78 is 21.0. The summed E-state index contributed by atoms with van der Waals surface area (Å²) in [5.41, 5.74) is 0.801. The van der Waals surface area contributed by atoms with Crippen molar-refractivity contribution < 1.29 is 9.13 Å². The number of rotatable bonds is 8. The van der Waals surface area contributed by atoms with Crippen LogP contribution in [-0.2, 0) is 20.0 Å². The summed E-state index contributed by atoms with van der Waals surface area (Å²) in [6, 6.07) is 8.96. The molecule has 2 heterocycles. The first-order valence-corrected chi connectivity index (χ1v) is 10.6. The Hall–Kier alpha value is -2.21. The van der Waals surface area contributed by atoms with Crippen LogP contribution in [0.2, 0.25) is 0 Å². The van der Waals surface area contributed by atoms with E-state index in [1.165, 1.54) is 18.1 Å². The maximum Gasteiger partial charge on any atom is 0.192 e. The standard InChI is InChI=1S/C21H27FN6OS.HI/c1-14(16-7-8-19(29-4)18(22)12-16)25-21(23-10-9-17-6-5-11-30-17)24-13-20-27-26-15(2)28(20)3;/h5-8,11-12,14H,9-10,13H2,1-4H3,(H2,23,24,25);1H. The number of aryl methyl sites for hydroxylation is 1. The second-order valence-corrected chi connectivity index (χ2v) is 7.94. The topological polar surface area (TPSA) is 76.4 Å². The first kappa shape index (κ1) is 25.1. The highest BCUT2D eigenvalue weighted by Gasteiger charge is 2.12. The molecular formula is C21H28FIN6OS. The average Bonchev–Trinajstić information content (AvgIpc) is 3.36. The molecule has 0 aliphatic rings. The van der Waals surface area contributed by atoms with Gasteiger partial charge in [0.15, 0.2) is 23.4 Å². The summed E-state index contributed by atoms with van der Waals surface area (Å²) in [7, 11) is 3.37. The molecule has 0 aliphatic carbocycles. The van der Waals surface area contributed by atoms with Gasteiger partial charge in [-0.05, 0) is 49.4 Å². The van der Waals surface area contributed by atoms with Gasteiger partial charge >= 0.3 is 0 Å². The van der Waals surface area contributed by atoms with E-state index in [1.54, 1.807) is 17.4 Å². The third kappa shape index (κ3) is 6.89. The Morgan fingerprint density at radius 1 is 1.32 bits per heavy atom. The number of hydrogen-bond acceptors (Lipinski definition) is 5. The van der Waals surface area contributed by atoms with E-state index in [9.17, 15) is 4.39 Å². The number of aliphatic imine (C=N–C) groups is 1. The van der Waals surface area contributed by atoms with Crippen LogP contribution in [0.1, 0.15) is 35.1 Å². The van der Waals surface area contributed by atoms with Crippen LogP contribution in [0.15, 0.2) is 40.7 Å². The van der Waals surface area contributed by atoms with E-state index < -0.39 is 0 Å². The van der Waals surface area contributed by atoms with Crippen molar-refractivity contribution in [3.05, 3.63) is 63.6 Å². The van der Waals surface area contributed by atoms with Crippen LogP contribution in [0, 0.1) is 12.7 Å². The van der Waals surface area contributed by atoms with Crippen molar-refractivity contribution in [1.29, 1.82) is 0 Å². The summed E-state index contributed by atoms with van der Waals surface area (Å²) >= 11 is 1.73. The molecule has 10 heteroatoms. The Morgan fingerprint density at radius 3 is 2.74 bits per heavy atom. The van der Waals surface area contributed by atoms with E-state index in [4.69, 9.17) is 4.74 Å². The van der Waals surface area contributed by atoms with E-state index in [0.29, 0.717) is 12.5 Å². The van der Waals surface area contributed by atoms with Crippen molar-refractivity contribution in [2.75, 3.05) is 13.7 Å². The quantitative estimate of drug-likeness (QED) is 0.249. The molecule has 3 aromatic rings. The van der Waals surface area contributed by atoms with E-state index in [1.807, 2.05) is 37.6 Å².